The molecule has 0 heterocycles. The van der Waals surface area contributed by atoms with E-state index in [1.807, 2.05) is 0 Å². The fraction of sp³-hybridized carbons (Fsp3) is 0.500. The molecule has 0 radical (unpaired) electrons. The lowest BCUT2D eigenvalue weighted by molar-refractivity contribution is -0.134. The summed E-state index contributed by atoms with van der Waals surface area (Å²) in [7, 11) is 0. The summed E-state index contributed by atoms with van der Waals surface area (Å²) in [5.41, 5.74) is 0. The van der Waals surface area contributed by atoms with Crippen LogP contribution < -0.4 is 0 Å². The molecule has 0 saturated heterocycles. The molecule has 0 aromatic carbocycles. The Morgan fingerprint density at radius 3 is 1.58 bits per heavy atom. The standard InChI is InChI=1S/C2H5F.C2H3NO2.C2H4O2/c1-2-3;3-1-2(4)5;1-2(3)4/h2H2,1H3;1,3H,(H,4,5);1H3,(H,3,4). The number of carboxylic acid groups (broad SMARTS) is 2. The topological polar surface area (TPSA) is 98.5 Å². The minimum Gasteiger partial charge on any atom is -0.481 e. The Balaban J connectivity index is -0.000000105. The molecule has 0 aliphatic heterocycles. The average molecular weight is 181 g/mol. The number of alkyl halides is 1. The molecule has 0 bridgehead atoms. The van der Waals surface area contributed by atoms with Crippen LogP contribution in [0.3, 0.4) is 0 Å². The molecule has 6 heteroatoms. The SMILES string of the molecule is CC(=O)O.CCF.N=CC(=O)O. The van der Waals surface area contributed by atoms with Crippen molar-refractivity contribution in [2.75, 3.05) is 6.67 Å². The second kappa shape index (κ2) is 16.3. The largest absolute Gasteiger partial charge is 0.481 e. The van der Waals surface area contributed by atoms with Crippen LogP contribution in [0, 0.1) is 5.41 Å². The second-order valence-corrected chi connectivity index (χ2v) is 1.27. The van der Waals surface area contributed by atoms with Crippen LogP contribution in [0.15, 0.2) is 0 Å². The van der Waals surface area contributed by atoms with Gasteiger partial charge in [0.15, 0.2) is 0 Å². The maximum atomic E-state index is 10.3. The number of carbonyl (C=O) groups is 2. The third kappa shape index (κ3) is 1660. The monoisotopic (exact) mass is 181 g/mol. The zero-order chi connectivity index (χ0) is 10.6. The molecule has 0 saturated carbocycles. The lowest BCUT2D eigenvalue weighted by Crippen LogP contribution is -1.91. The van der Waals surface area contributed by atoms with Gasteiger partial charge in [-0.15, -0.1) is 0 Å². The smallest absolute Gasteiger partial charge is 0.346 e. The summed E-state index contributed by atoms with van der Waals surface area (Å²) in [6.07, 6.45) is 0.333. The minimum atomic E-state index is -1.20. The zero-order valence-electron chi connectivity index (χ0n) is 6.87. The summed E-state index contributed by atoms with van der Waals surface area (Å²) in [4.78, 5) is 18.1. The molecule has 0 amide bonds. The lowest BCUT2D eigenvalue weighted by atomic mass is 10.8. The van der Waals surface area contributed by atoms with Crippen LogP contribution in [0.2, 0.25) is 0 Å². The van der Waals surface area contributed by atoms with E-state index in [1.165, 1.54) is 6.92 Å². The maximum Gasteiger partial charge on any atom is 0.346 e. The molecule has 72 valence electrons. The van der Waals surface area contributed by atoms with Gasteiger partial charge in [-0.3, -0.25) is 9.18 Å². The Labute approximate surface area is 69.3 Å². The predicted octanol–water partition coefficient (Wildman–Crippen LogP) is 0.787. The van der Waals surface area contributed by atoms with Crippen LogP contribution in [0.4, 0.5) is 4.39 Å². The Morgan fingerprint density at radius 2 is 1.58 bits per heavy atom. The summed E-state index contributed by atoms with van der Waals surface area (Å²) in [6, 6.07) is 0. The van der Waals surface area contributed by atoms with Gasteiger partial charge in [0.25, 0.3) is 5.97 Å². The van der Waals surface area contributed by atoms with Crippen LogP contribution in [-0.2, 0) is 9.59 Å². The van der Waals surface area contributed by atoms with Gasteiger partial charge < -0.3 is 15.6 Å². The highest BCUT2D eigenvalue weighted by atomic mass is 19.1. The Hall–Kier alpha value is -1.46. The molecule has 0 unspecified atom stereocenters. The minimum absolute atomic E-state index is 0.250. The first-order valence-electron chi connectivity index (χ1n) is 2.91. The Kier molecular flexibility index (Phi) is 22.9. The summed E-state index contributed by atoms with van der Waals surface area (Å²) >= 11 is 0. The fourth-order valence-corrected chi connectivity index (χ4v) is 0. The first kappa shape index (κ1) is 16.9. The van der Waals surface area contributed by atoms with E-state index in [9.17, 15) is 4.39 Å². The number of nitrogens with one attached hydrogen (secondary N) is 1. The van der Waals surface area contributed by atoms with E-state index < -0.39 is 11.9 Å². The summed E-state index contributed by atoms with van der Waals surface area (Å²) in [5.74, 6) is -2.04. The number of halogens is 1. The van der Waals surface area contributed by atoms with E-state index in [4.69, 9.17) is 25.2 Å². The van der Waals surface area contributed by atoms with Crippen molar-refractivity contribution >= 4 is 18.2 Å². The maximum absolute atomic E-state index is 10.3. The quantitative estimate of drug-likeness (QED) is 0.520. The molecule has 0 atom stereocenters. The number of aliphatic carboxylic acids is 2. The van der Waals surface area contributed by atoms with Crippen LogP contribution in [0.25, 0.3) is 0 Å². The van der Waals surface area contributed by atoms with Crippen molar-refractivity contribution < 1.29 is 24.2 Å². The van der Waals surface area contributed by atoms with Crippen LogP contribution in [0.1, 0.15) is 13.8 Å². The van der Waals surface area contributed by atoms with E-state index in [0.717, 1.165) is 6.92 Å². The van der Waals surface area contributed by atoms with Gasteiger partial charge in [0, 0.05) is 6.92 Å². The molecule has 0 aromatic heterocycles. The van der Waals surface area contributed by atoms with Gasteiger partial charge in [-0.1, -0.05) is 0 Å². The van der Waals surface area contributed by atoms with Gasteiger partial charge in [0.05, 0.1) is 6.67 Å². The van der Waals surface area contributed by atoms with Gasteiger partial charge in [-0.25, -0.2) is 4.79 Å². The van der Waals surface area contributed by atoms with Gasteiger partial charge in [-0.05, 0) is 6.92 Å². The zero-order valence-corrected chi connectivity index (χ0v) is 6.87. The van der Waals surface area contributed by atoms with Gasteiger partial charge >= 0.3 is 5.97 Å². The second-order valence-electron chi connectivity index (χ2n) is 1.27. The van der Waals surface area contributed by atoms with Gasteiger partial charge in [0.2, 0.25) is 0 Å². The van der Waals surface area contributed by atoms with Crippen molar-refractivity contribution in [1.29, 1.82) is 5.41 Å². The van der Waals surface area contributed by atoms with Crippen molar-refractivity contribution in [2.24, 2.45) is 0 Å². The molecule has 5 nitrogen and oxygen atoms in total. The van der Waals surface area contributed by atoms with Gasteiger partial charge in [-0.2, -0.15) is 0 Å². The number of hydrogen-bond donors (Lipinski definition) is 3. The Morgan fingerprint density at radius 1 is 1.50 bits per heavy atom. The number of rotatable bonds is 1. The number of carboxylic acids is 2. The van der Waals surface area contributed by atoms with Crippen molar-refractivity contribution in [2.45, 2.75) is 13.8 Å². The van der Waals surface area contributed by atoms with Crippen LogP contribution in [-0.4, -0.2) is 35.0 Å². The summed E-state index contributed by atoms with van der Waals surface area (Å²) in [6.45, 7) is 2.29. The molecule has 0 aliphatic carbocycles. The molecule has 0 fully saturated rings. The highest BCUT2D eigenvalue weighted by Crippen LogP contribution is 1.48. The summed E-state index contributed by atoms with van der Waals surface area (Å²) in [5, 5.41) is 20.8. The van der Waals surface area contributed by atoms with E-state index in [0.29, 0.717) is 6.21 Å². The van der Waals surface area contributed by atoms with E-state index in [-0.39, 0.29) is 6.67 Å². The highest BCUT2D eigenvalue weighted by molar-refractivity contribution is 6.20. The molecule has 0 spiro atoms. The van der Waals surface area contributed by atoms with Crippen molar-refractivity contribution in [3.05, 3.63) is 0 Å². The third-order valence-electron chi connectivity index (χ3n) is 0.123. The van der Waals surface area contributed by atoms with E-state index >= 15 is 0 Å². The molecular weight excluding hydrogens is 169 g/mol. The molecule has 3 N–H and O–H groups in total. The van der Waals surface area contributed by atoms with Crippen LogP contribution in [0.5, 0.6) is 0 Å². The molecular formula is C6H12FNO4. The molecule has 0 aromatic rings. The third-order valence-corrected chi connectivity index (χ3v) is 0.123. The lowest BCUT2D eigenvalue weighted by Gasteiger charge is -1.63. The Bertz CT molecular complexity index is 134. The number of hydrogen-bond acceptors (Lipinski definition) is 3. The fourth-order valence-electron chi connectivity index (χ4n) is 0. The van der Waals surface area contributed by atoms with Crippen molar-refractivity contribution in [3.8, 4) is 0 Å². The normalized spacial score (nSPS) is 6.25. The van der Waals surface area contributed by atoms with Gasteiger partial charge in [0.1, 0.15) is 6.21 Å². The molecule has 0 aliphatic rings. The van der Waals surface area contributed by atoms with E-state index in [1.54, 1.807) is 0 Å². The van der Waals surface area contributed by atoms with E-state index in [2.05, 4.69) is 0 Å². The predicted molar refractivity (Wildman–Crippen MR) is 41.4 cm³/mol. The highest BCUT2D eigenvalue weighted by Gasteiger charge is 1.76. The molecule has 0 rings (SSSR count). The van der Waals surface area contributed by atoms with Crippen molar-refractivity contribution in [3.63, 3.8) is 0 Å². The average Bonchev–Trinajstić information content (AvgIpc) is 1.88. The molecule has 12 heavy (non-hydrogen) atoms. The van der Waals surface area contributed by atoms with Crippen molar-refractivity contribution in [1.82, 2.24) is 0 Å². The van der Waals surface area contributed by atoms with Crippen LogP contribution >= 0.6 is 0 Å². The first-order chi connectivity index (χ1) is 5.42. The first-order valence-corrected chi connectivity index (χ1v) is 2.91. The summed E-state index contributed by atoms with van der Waals surface area (Å²) < 4.78 is 10.3.